The zero-order valence-electron chi connectivity index (χ0n) is 12.3. The molecule has 0 spiro atoms. The van der Waals surface area contributed by atoms with Crippen LogP contribution in [0.5, 0.6) is 0 Å². The smallest absolute Gasteiger partial charge is 0.292 e. The number of para-hydroxylation sites is 2. The summed E-state index contributed by atoms with van der Waals surface area (Å²) in [4.78, 5) is 22.3. The van der Waals surface area contributed by atoms with Crippen molar-refractivity contribution < 1.29 is 14.8 Å². The molecular weight excluding hydrogens is 286 g/mol. The summed E-state index contributed by atoms with van der Waals surface area (Å²) in [6.45, 7) is 0.339. The van der Waals surface area contributed by atoms with Crippen molar-refractivity contribution in [1.82, 2.24) is 5.32 Å². The molecule has 1 fully saturated rings. The number of carbonyl (C=O) groups excluding carboxylic acids is 1. The van der Waals surface area contributed by atoms with Gasteiger partial charge < -0.3 is 15.7 Å². The molecule has 0 atom stereocenters. The van der Waals surface area contributed by atoms with Gasteiger partial charge in [0.1, 0.15) is 5.69 Å². The number of hydrogen-bond acceptors (Lipinski definition) is 5. The van der Waals surface area contributed by atoms with E-state index in [9.17, 15) is 20.0 Å². The molecule has 1 aromatic carbocycles. The predicted molar refractivity (Wildman–Crippen MR) is 82.6 cm³/mol. The lowest BCUT2D eigenvalue weighted by Crippen LogP contribution is -2.39. The molecule has 0 bridgehead atoms. The van der Waals surface area contributed by atoms with Gasteiger partial charge in [-0.15, -0.1) is 0 Å². The average Bonchev–Trinajstić information content (AvgIpc) is 2.50. The highest BCUT2D eigenvalue weighted by atomic mass is 16.6. The predicted octanol–water partition coefficient (Wildman–Crippen LogP) is 1.82. The maximum Gasteiger partial charge on any atom is 0.292 e. The number of hydrogen-bond donors (Lipinski definition) is 3. The van der Waals surface area contributed by atoms with Crippen LogP contribution >= 0.6 is 0 Å². The number of anilines is 1. The summed E-state index contributed by atoms with van der Waals surface area (Å²) < 4.78 is 0. The minimum Gasteiger partial charge on any atom is -0.393 e. The lowest BCUT2D eigenvalue weighted by atomic mass is 9.93. The number of nitro benzene ring substituents is 1. The van der Waals surface area contributed by atoms with Crippen molar-refractivity contribution in [2.45, 2.75) is 44.2 Å². The second-order valence-corrected chi connectivity index (χ2v) is 5.52. The number of aliphatic hydroxyl groups excluding tert-OH is 1. The fourth-order valence-electron chi connectivity index (χ4n) is 2.61. The molecule has 22 heavy (non-hydrogen) atoms. The zero-order valence-corrected chi connectivity index (χ0v) is 12.3. The van der Waals surface area contributed by atoms with E-state index in [2.05, 4.69) is 10.6 Å². The first kappa shape index (κ1) is 16.2. The molecule has 0 aliphatic heterocycles. The number of benzene rings is 1. The van der Waals surface area contributed by atoms with Gasteiger partial charge >= 0.3 is 0 Å². The Morgan fingerprint density at radius 2 is 1.95 bits per heavy atom. The van der Waals surface area contributed by atoms with Gasteiger partial charge in [-0.3, -0.25) is 14.9 Å². The van der Waals surface area contributed by atoms with E-state index in [1.165, 1.54) is 6.07 Å². The van der Waals surface area contributed by atoms with Crippen LogP contribution < -0.4 is 10.6 Å². The molecule has 0 radical (unpaired) electrons. The van der Waals surface area contributed by atoms with Crippen molar-refractivity contribution in [2.75, 3.05) is 11.9 Å². The molecule has 1 aromatic rings. The third-order valence-corrected chi connectivity index (χ3v) is 3.83. The Kier molecular flexibility index (Phi) is 5.71. The number of aliphatic hydroxyl groups is 1. The fraction of sp³-hybridized carbons (Fsp3) is 0.533. The molecule has 2 rings (SSSR count). The van der Waals surface area contributed by atoms with Gasteiger partial charge in [0, 0.05) is 25.1 Å². The van der Waals surface area contributed by atoms with Crippen molar-refractivity contribution >= 4 is 17.3 Å². The van der Waals surface area contributed by atoms with Crippen LogP contribution in [0.4, 0.5) is 11.4 Å². The van der Waals surface area contributed by atoms with Crippen LogP contribution in [0, 0.1) is 10.1 Å². The molecule has 1 aliphatic rings. The van der Waals surface area contributed by atoms with Crippen molar-refractivity contribution in [2.24, 2.45) is 0 Å². The van der Waals surface area contributed by atoms with E-state index < -0.39 is 4.92 Å². The maximum atomic E-state index is 11.9. The molecule has 0 unspecified atom stereocenters. The average molecular weight is 307 g/mol. The van der Waals surface area contributed by atoms with Crippen molar-refractivity contribution in [3.05, 3.63) is 34.4 Å². The van der Waals surface area contributed by atoms with Gasteiger partial charge in [-0.25, -0.2) is 0 Å². The van der Waals surface area contributed by atoms with Gasteiger partial charge in [0.15, 0.2) is 0 Å². The van der Waals surface area contributed by atoms with E-state index in [-0.39, 0.29) is 30.2 Å². The number of rotatable bonds is 6. The van der Waals surface area contributed by atoms with Crippen LogP contribution in [0.2, 0.25) is 0 Å². The second kappa shape index (κ2) is 7.74. The van der Waals surface area contributed by atoms with Crippen LogP contribution in [0.1, 0.15) is 32.1 Å². The Bertz CT molecular complexity index is 527. The van der Waals surface area contributed by atoms with Gasteiger partial charge in [-0.1, -0.05) is 12.1 Å². The van der Waals surface area contributed by atoms with Gasteiger partial charge in [0.25, 0.3) is 5.69 Å². The molecule has 0 aromatic heterocycles. The Labute approximate surface area is 128 Å². The molecule has 3 N–H and O–H groups in total. The maximum absolute atomic E-state index is 11.9. The first-order chi connectivity index (χ1) is 10.6. The summed E-state index contributed by atoms with van der Waals surface area (Å²) in [6.07, 6.45) is 3.05. The lowest BCUT2D eigenvalue weighted by molar-refractivity contribution is -0.384. The topological polar surface area (TPSA) is 104 Å². The Morgan fingerprint density at radius 3 is 2.64 bits per heavy atom. The second-order valence-electron chi connectivity index (χ2n) is 5.52. The van der Waals surface area contributed by atoms with E-state index in [1.54, 1.807) is 18.2 Å². The molecule has 120 valence electrons. The lowest BCUT2D eigenvalue weighted by Gasteiger charge is -2.26. The van der Waals surface area contributed by atoms with Crippen LogP contribution in [0.15, 0.2) is 24.3 Å². The number of nitro groups is 1. The number of nitrogens with zero attached hydrogens (tertiary/aromatic N) is 1. The molecule has 0 saturated heterocycles. The summed E-state index contributed by atoms with van der Waals surface area (Å²) in [7, 11) is 0. The van der Waals surface area contributed by atoms with E-state index in [0.717, 1.165) is 25.7 Å². The molecule has 1 amide bonds. The zero-order chi connectivity index (χ0) is 15.9. The van der Waals surface area contributed by atoms with E-state index in [1.807, 2.05) is 0 Å². The highest BCUT2D eigenvalue weighted by Gasteiger charge is 2.20. The van der Waals surface area contributed by atoms with Crippen molar-refractivity contribution in [1.29, 1.82) is 0 Å². The molecule has 7 heteroatoms. The van der Waals surface area contributed by atoms with E-state index >= 15 is 0 Å². The highest BCUT2D eigenvalue weighted by Crippen LogP contribution is 2.23. The minimum absolute atomic E-state index is 0.00387. The third kappa shape index (κ3) is 4.70. The number of amides is 1. The third-order valence-electron chi connectivity index (χ3n) is 3.83. The van der Waals surface area contributed by atoms with Crippen molar-refractivity contribution in [3.8, 4) is 0 Å². The molecular formula is C15H21N3O4. The quantitative estimate of drug-likeness (QED) is 0.549. The molecule has 1 aliphatic carbocycles. The van der Waals surface area contributed by atoms with Crippen molar-refractivity contribution in [3.63, 3.8) is 0 Å². The first-order valence-corrected chi connectivity index (χ1v) is 7.51. The highest BCUT2D eigenvalue weighted by molar-refractivity contribution is 5.77. The Hall–Kier alpha value is -2.15. The Balaban J connectivity index is 1.74. The van der Waals surface area contributed by atoms with E-state index in [0.29, 0.717) is 12.2 Å². The van der Waals surface area contributed by atoms with Gasteiger partial charge in [-0.2, -0.15) is 0 Å². The molecule has 1 saturated carbocycles. The minimum atomic E-state index is -0.449. The molecule has 0 heterocycles. The number of nitrogens with one attached hydrogen (secondary N) is 2. The van der Waals surface area contributed by atoms with Crippen LogP contribution in [-0.2, 0) is 4.79 Å². The van der Waals surface area contributed by atoms with Gasteiger partial charge in [0.2, 0.25) is 5.91 Å². The van der Waals surface area contributed by atoms with Gasteiger partial charge in [0.05, 0.1) is 11.0 Å². The molecule has 7 nitrogen and oxygen atoms in total. The fourth-order valence-corrected chi connectivity index (χ4v) is 2.61. The van der Waals surface area contributed by atoms with Crippen LogP contribution in [0.3, 0.4) is 0 Å². The van der Waals surface area contributed by atoms with Gasteiger partial charge in [-0.05, 0) is 31.7 Å². The SMILES string of the molecule is O=C(CCNc1ccccc1[N+](=O)[O-])NC1CCC(O)CC1. The summed E-state index contributed by atoms with van der Waals surface area (Å²) in [5.74, 6) is -0.0764. The van der Waals surface area contributed by atoms with E-state index in [4.69, 9.17) is 0 Å². The number of carbonyl (C=O) groups is 1. The first-order valence-electron chi connectivity index (χ1n) is 7.51. The van der Waals surface area contributed by atoms with Crippen LogP contribution in [0.25, 0.3) is 0 Å². The Morgan fingerprint density at radius 1 is 1.27 bits per heavy atom. The summed E-state index contributed by atoms with van der Waals surface area (Å²) in [6, 6.07) is 6.49. The summed E-state index contributed by atoms with van der Waals surface area (Å²) >= 11 is 0. The largest absolute Gasteiger partial charge is 0.393 e. The van der Waals surface area contributed by atoms with Crippen LogP contribution in [-0.4, -0.2) is 34.6 Å². The standard InChI is InChI=1S/C15H21N3O4/c19-12-7-5-11(6-8-12)17-15(20)9-10-16-13-3-1-2-4-14(13)18(21)22/h1-4,11-12,16,19H,5-10H2,(H,17,20). The normalized spacial score (nSPS) is 21.1. The monoisotopic (exact) mass is 307 g/mol. The summed E-state index contributed by atoms with van der Waals surface area (Å²) in [5.41, 5.74) is 0.422. The summed E-state index contributed by atoms with van der Waals surface area (Å²) in [5, 5.41) is 26.2.